The van der Waals surface area contributed by atoms with Crippen molar-refractivity contribution in [2.45, 2.75) is 11.8 Å². The van der Waals surface area contributed by atoms with Gasteiger partial charge in [0.15, 0.2) is 0 Å². The summed E-state index contributed by atoms with van der Waals surface area (Å²) in [6, 6.07) is 24.3. The van der Waals surface area contributed by atoms with Crippen molar-refractivity contribution in [3.63, 3.8) is 0 Å². The Bertz CT molecular complexity index is 1500. The number of benzene rings is 3. The van der Waals surface area contributed by atoms with Crippen molar-refractivity contribution in [3.8, 4) is 11.3 Å². The Kier molecular flexibility index (Phi) is 6.77. The van der Waals surface area contributed by atoms with Crippen molar-refractivity contribution in [1.82, 2.24) is 14.4 Å². The van der Waals surface area contributed by atoms with E-state index < -0.39 is 0 Å². The van der Waals surface area contributed by atoms with Gasteiger partial charge in [-0.15, -0.1) is 11.8 Å². The highest BCUT2D eigenvalue weighted by atomic mass is 32.2. The number of nitrogens with zero attached hydrogens (tertiary/aromatic N) is 3. The van der Waals surface area contributed by atoms with Gasteiger partial charge in [-0.2, -0.15) is 0 Å². The van der Waals surface area contributed by atoms with Gasteiger partial charge in [-0.1, -0.05) is 42.0 Å². The van der Waals surface area contributed by atoms with Crippen molar-refractivity contribution >= 4 is 40.7 Å². The number of nitrogens with one attached hydrogen (secondary N) is 2. The van der Waals surface area contributed by atoms with Gasteiger partial charge in [-0.05, 0) is 49.4 Å². The second-order valence-corrected chi connectivity index (χ2v) is 9.20. The van der Waals surface area contributed by atoms with Crippen LogP contribution in [-0.2, 0) is 4.79 Å². The van der Waals surface area contributed by atoms with Gasteiger partial charge in [0, 0.05) is 40.4 Å². The van der Waals surface area contributed by atoms with Crippen LogP contribution >= 0.6 is 11.8 Å². The van der Waals surface area contributed by atoms with Gasteiger partial charge < -0.3 is 10.6 Å². The molecule has 0 unspecified atom stereocenters. The first-order valence-corrected chi connectivity index (χ1v) is 12.3. The Balaban J connectivity index is 1.23. The minimum Gasteiger partial charge on any atom is -0.325 e. The first-order chi connectivity index (χ1) is 17.5. The van der Waals surface area contributed by atoms with Crippen molar-refractivity contribution in [2.24, 2.45) is 0 Å². The molecule has 5 rings (SSSR count). The molecule has 0 saturated heterocycles. The van der Waals surface area contributed by atoms with Crippen molar-refractivity contribution in [2.75, 3.05) is 16.4 Å². The summed E-state index contributed by atoms with van der Waals surface area (Å²) in [4.78, 5) is 34.9. The number of aryl methyl sites for hydroxylation is 1. The summed E-state index contributed by atoms with van der Waals surface area (Å²) in [6.07, 6.45) is 5.52. The molecule has 0 aliphatic heterocycles. The number of hydrogen-bond acceptors (Lipinski definition) is 5. The Labute approximate surface area is 212 Å². The van der Waals surface area contributed by atoms with E-state index in [-0.39, 0.29) is 17.6 Å². The van der Waals surface area contributed by atoms with Crippen LogP contribution in [0.3, 0.4) is 0 Å². The molecule has 0 fully saturated rings. The van der Waals surface area contributed by atoms with Crippen molar-refractivity contribution in [1.29, 1.82) is 0 Å². The van der Waals surface area contributed by atoms with Gasteiger partial charge >= 0.3 is 0 Å². The fourth-order valence-corrected chi connectivity index (χ4v) is 4.50. The maximum absolute atomic E-state index is 13.0. The van der Waals surface area contributed by atoms with Gasteiger partial charge in [0.05, 0.1) is 17.0 Å². The SMILES string of the molecule is Cc1ccc(NC(=O)CSc2ccccc2C(=O)Nc2ccc(-c3cn4cccnc4n3)cc2)cc1. The zero-order valence-electron chi connectivity index (χ0n) is 19.5. The number of amides is 2. The summed E-state index contributed by atoms with van der Waals surface area (Å²) in [5.41, 5.74) is 4.79. The number of carbonyl (C=O) groups excluding carboxylic acids is 2. The number of anilines is 2. The largest absolute Gasteiger partial charge is 0.325 e. The van der Waals surface area contributed by atoms with Gasteiger partial charge in [-0.3, -0.25) is 14.0 Å². The first kappa shape index (κ1) is 23.3. The third-order valence-electron chi connectivity index (χ3n) is 5.50. The fraction of sp³-hybridized carbons (Fsp3) is 0.0714. The molecule has 8 heteroatoms. The topological polar surface area (TPSA) is 88.4 Å². The number of aromatic nitrogens is 3. The van der Waals surface area contributed by atoms with E-state index in [1.807, 2.05) is 96.5 Å². The molecule has 36 heavy (non-hydrogen) atoms. The number of hydrogen-bond donors (Lipinski definition) is 2. The standard InChI is InChI=1S/C28H23N5O2S/c1-19-7-11-21(12-8-19)30-26(34)18-36-25-6-3-2-5-23(25)27(35)31-22-13-9-20(10-14-22)24-17-33-16-4-15-29-28(33)32-24/h2-17H,18H2,1H3,(H,30,34)(H,31,35). The van der Waals surface area contributed by atoms with E-state index in [1.54, 1.807) is 12.3 Å². The van der Waals surface area contributed by atoms with Crippen LogP contribution in [0, 0.1) is 6.92 Å². The highest BCUT2D eigenvalue weighted by molar-refractivity contribution is 8.00. The second kappa shape index (κ2) is 10.5. The van der Waals surface area contributed by atoms with E-state index in [1.165, 1.54) is 11.8 Å². The lowest BCUT2D eigenvalue weighted by Crippen LogP contribution is -2.15. The molecule has 0 atom stereocenters. The zero-order chi connectivity index (χ0) is 24.9. The van der Waals surface area contributed by atoms with Gasteiger partial charge in [0.1, 0.15) is 0 Å². The van der Waals surface area contributed by atoms with Crippen LogP contribution < -0.4 is 10.6 Å². The first-order valence-electron chi connectivity index (χ1n) is 11.3. The minimum absolute atomic E-state index is 0.128. The highest BCUT2D eigenvalue weighted by Gasteiger charge is 2.14. The number of thioether (sulfide) groups is 1. The van der Waals surface area contributed by atoms with Crippen molar-refractivity contribution < 1.29 is 9.59 Å². The summed E-state index contributed by atoms with van der Waals surface area (Å²) in [5, 5.41) is 5.83. The van der Waals surface area contributed by atoms with Crippen LogP contribution in [0.15, 0.2) is 102 Å². The van der Waals surface area contributed by atoms with E-state index in [9.17, 15) is 9.59 Å². The molecule has 2 amide bonds. The summed E-state index contributed by atoms with van der Waals surface area (Å²) < 4.78 is 1.86. The quantitative estimate of drug-likeness (QED) is 0.285. The average Bonchev–Trinajstić information content (AvgIpc) is 3.34. The molecule has 0 saturated carbocycles. The van der Waals surface area contributed by atoms with E-state index in [4.69, 9.17) is 0 Å². The maximum atomic E-state index is 13.0. The lowest BCUT2D eigenvalue weighted by Gasteiger charge is -2.11. The summed E-state index contributed by atoms with van der Waals surface area (Å²) in [5.74, 6) is 0.464. The predicted octanol–water partition coefficient (Wildman–Crippen LogP) is 5.69. The molecule has 3 aromatic carbocycles. The molecule has 2 heterocycles. The molecule has 0 aliphatic carbocycles. The zero-order valence-corrected chi connectivity index (χ0v) is 20.3. The summed E-state index contributed by atoms with van der Waals surface area (Å²) in [6.45, 7) is 2.00. The second-order valence-electron chi connectivity index (χ2n) is 8.18. The lowest BCUT2D eigenvalue weighted by atomic mass is 10.1. The molecule has 178 valence electrons. The van der Waals surface area contributed by atoms with E-state index in [0.717, 1.165) is 27.4 Å². The summed E-state index contributed by atoms with van der Waals surface area (Å²) in [7, 11) is 0. The van der Waals surface area contributed by atoms with Crippen LogP contribution in [-0.4, -0.2) is 31.9 Å². The fourth-order valence-electron chi connectivity index (χ4n) is 3.65. The number of rotatable bonds is 7. The molecule has 0 radical (unpaired) electrons. The van der Waals surface area contributed by atoms with Crippen LogP contribution in [0.4, 0.5) is 11.4 Å². The number of imidazole rings is 1. The molecule has 5 aromatic rings. The molecule has 7 nitrogen and oxygen atoms in total. The van der Waals surface area contributed by atoms with Crippen LogP contribution in [0.5, 0.6) is 0 Å². The predicted molar refractivity (Wildman–Crippen MR) is 143 cm³/mol. The molecule has 2 N–H and O–H groups in total. The average molecular weight is 494 g/mol. The molecule has 0 aliphatic rings. The molecular formula is C28H23N5O2S. The van der Waals surface area contributed by atoms with Crippen LogP contribution in [0.2, 0.25) is 0 Å². The van der Waals surface area contributed by atoms with Crippen LogP contribution in [0.25, 0.3) is 17.0 Å². The maximum Gasteiger partial charge on any atom is 0.256 e. The Hall–Kier alpha value is -4.43. The van der Waals surface area contributed by atoms with Gasteiger partial charge in [-0.25, -0.2) is 9.97 Å². The molecule has 0 bridgehead atoms. The van der Waals surface area contributed by atoms with Crippen molar-refractivity contribution in [3.05, 3.63) is 109 Å². The Morgan fingerprint density at radius 1 is 0.889 bits per heavy atom. The van der Waals surface area contributed by atoms with Gasteiger partial charge in [0.2, 0.25) is 11.7 Å². The van der Waals surface area contributed by atoms with E-state index >= 15 is 0 Å². The Morgan fingerprint density at radius 2 is 1.61 bits per heavy atom. The smallest absolute Gasteiger partial charge is 0.256 e. The Morgan fingerprint density at radius 3 is 2.39 bits per heavy atom. The molecular weight excluding hydrogens is 470 g/mol. The molecule has 0 spiro atoms. The van der Waals surface area contributed by atoms with E-state index in [0.29, 0.717) is 17.0 Å². The van der Waals surface area contributed by atoms with E-state index in [2.05, 4.69) is 20.6 Å². The minimum atomic E-state index is -0.235. The van der Waals surface area contributed by atoms with Gasteiger partial charge in [0.25, 0.3) is 5.91 Å². The number of carbonyl (C=O) groups is 2. The monoisotopic (exact) mass is 493 g/mol. The third kappa shape index (κ3) is 5.45. The normalized spacial score (nSPS) is 10.8. The van der Waals surface area contributed by atoms with Crippen LogP contribution in [0.1, 0.15) is 15.9 Å². The lowest BCUT2D eigenvalue weighted by molar-refractivity contribution is -0.113. The molecule has 2 aromatic heterocycles. The third-order valence-corrected chi connectivity index (χ3v) is 6.57. The highest BCUT2D eigenvalue weighted by Crippen LogP contribution is 2.25. The number of fused-ring (bicyclic) bond motifs is 1. The summed E-state index contributed by atoms with van der Waals surface area (Å²) >= 11 is 1.33.